The van der Waals surface area contributed by atoms with E-state index in [4.69, 9.17) is 4.52 Å². The third kappa shape index (κ3) is 2.64. The van der Waals surface area contributed by atoms with Crippen LogP contribution in [0, 0.1) is 0 Å². The quantitative estimate of drug-likeness (QED) is 0.790. The van der Waals surface area contributed by atoms with Gasteiger partial charge in [-0.2, -0.15) is 16.3 Å². The molecule has 5 heteroatoms. The number of thiophene rings is 1. The van der Waals surface area contributed by atoms with Crippen LogP contribution in [0.1, 0.15) is 19.2 Å². The Morgan fingerprint density at radius 3 is 3.20 bits per heavy atom. The van der Waals surface area contributed by atoms with Crippen LogP contribution in [0.3, 0.4) is 0 Å². The minimum Gasteiger partial charge on any atom is -0.338 e. The number of aromatic nitrogens is 2. The van der Waals surface area contributed by atoms with Gasteiger partial charge in [-0.15, -0.1) is 0 Å². The van der Waals surface area contributed by atoms with Crippen LogP contribution in [0.25, 0.3) is 11.4 Å². The van der Waals surface area contributed by atoms with E-state index in [1.54, 1.807) is 11.3 Å². The lowest BCUT2D eigenvalue weighted by Gasteiger charge is -1.95. The zero-order chi connectivity index (χ0) is 10.5. The fourth-order valence-corrected chi connectivity index (χ4v) is 1.84. The first-order chi connectivity index (χ1) is 7.40. The zero-order valence-electron chi connectivity index (χ0n) is 8.56. The van der Waals surface area contributed by atoms with Gasteiger partial charge in [0.2, 0.25) is 11.7 Å². The van der Waals surface area contributed by atoms with Crippen LogP contribution in [0.5, 0.6) is 0 Å². The van der Waals surface area contributed by atoms with E-state index in [1.165, 1.54) is 0 Å². The highest BCUT2D eigenvalue weighted by molar-refractivity contribution is 7.08. The number of rotatable bonds is 5. The Morgan fingerprint density at radius 1 is 1.53 bits per heavy atom. The van der Waals surface area contributed by atoms with Gasteiger partial charge in [-0.25, -0.2) is 0 Å². The van der Waals surface area contributed by atoms with Crippen molar-refractivity contribution in [3.8, 4) is 11.4 Å². The fraction of sp³-hybridized carbons (Fsp3) is 0.400. The summed E-state index contributed by atoms with van der Waals surface area (Å²) in [5.74, 6) is 1.31. The standard InChI is InChI=1S/C10H13N3OS/c1-2-4-11-6-9-12-10(13-14-9)8-3-5-15-7-8/h3,5,7,11H,2,4,6H2,1H3. The van der Waals surface area contributed by atoms with Crippen molar-refractivity contribution in [2.45, 2.75) is 19.9 Å². The SMILES string of the molecule is CCCNCc1nc(-c2ccsc2)no1. The second-order valence-electron chi connectivity index (χ2n) is 3.20. The Kier molecular flexibility index (Phi) is 3.47. The molecule has 2 aromatic heterocycles. The van der Waals surface area contributed by atoms with Gasteiger partial charge in [0.1, 0.15) is 0 Å². The molecular formula is C10H13N3OS. The maximum Gasteiger partial charge on any atom is 0.240 e. The normalized spacial score (nSPS) is 10.7. The Hall–Kier alpha value is -1.20. The van der Waals surface area contributed by atoms with Crippen molar-refractivity contribution in [1.29, 1.82) is 0 Å². The van der Waals surface area contributed by atoms with Gasteiger partial charge >= 0.3 is 0 Å². The van der Waals surface area contributed by atoms with Crippen molar-refractivity contribution in [2.75, 3.05) is 6.54 Å². The molecule has 0 bridgehead atoms. The van der Waals surface area contributed by atoms with Crippen LogP contribution in [-0.2, 0) is 6.54 Å². The smallest absolute Gasteiger partial charge is 0.240 e. The molecule has 15 heavy (non-hydrogen) atoms. The molecule has 0 atom stereocenters. The molecular weight excluding hydrogens is 210 g/mol. The van der Waals surface area contributed by atoms with E-state index < -0.39 is 0 Å². The van der Waals surface area contributed by atoms with Crippen LogP contribution in [0.15, 0.2) is 21.3 Å². The Bertz CT molecular complexity index is 396. The predicted molar refractivity (Wildman–Crippen MR) is 59.6 cm³/mol. The lowest BCUT2D eigenvalue weighted by Crippen LogP contribution is -2.13. The van der Waals surface area contributed by atoms with Gasteiger partial charge in [-0.05, 0) is 24.4 Å². The summed E-state index contributed by atoms with van der Waals surface area (Å²) in [5.41, 5.74) is 1.02. The van der Waals surface area contributed by atoms with Crippen molar-refractivity contribution in [2.24, 2.45) is 0 Å². The van der Waals surface area contributed by atoms with Gasteiger partial charge in [-0.1, -0.05) is 12.1 Å². The second kappa shape index (κ2) is 5.04. The number of hydrogen-bond donors (Lipinski definition) is 1. The van der Waals surface area contributed by atoms with E-state index in [0.717, 1.165) is 18.5 Å². The van der Waals surface area contributed by atoms with Gasteiger partial charge in [0.05, 0.1) is 6.54 Å². The summed E-state index contributed by atoms with van der Waals surface area (Å²) in [4.78, 5) is 4.29. The first kappa shape index (κ1) is 10.3. The highest BCUT2D eigenvalue weighted by Crippen LogP contribution is 2.18. The highest BCUT2D eigenvalue weighted by atomic mass is 32.1. The summed E-state index contributed by atoms with van der Waals surface area (Å²) in [7, 11) is 0. The molecule has 1 N–H and O–H groups in total. The molecule has 0 radical (unpaired) electrons. The first-order valence-electron chi connectivity index (χ1n) is 4.96. The predicted octanol–water partition coefficient (Wildman–Crippen LogP) is 2.30. The molecule has 80 valence electrons. The number of nitrogens with zero attached hydrogens (tertiary/aromatic N) is 2. The molecule has 0 saturated carbocycles. The molecule has 0 aliphatic carbocycles. The molecule has 2 rings (SSSR count). The Labute approximate surface area is 92.3 Å². The summed E-state index contributed by atoms with van der Waals surface area (Å²) in [6.07, 6.45) is 1.10. The molecule has 4 nitrogen and oxygen atoms in total. The Balaban J connectivity index is 1.98. The lowest BCUT2D eigenvalue weighted by atomic mass is 10.3. The van der Waals surface area contributed by atoms with Gasteiger partial charge in [0, 0.05) is 10.9 Å². The van der Waals surface area contributed by atoms with Gasteiger partial charge in [0.15, 0.2) is 0 Å². The van der Waals surface area contributed by atoms with Crippen molar-refractivity contribution in [1.82, 2.24) is 15.5 Å². The molecule has 2 aromatic rings. The second-order valence-corrected chi connectivity index (χ2v) is 3.98. The Morgan fingerprint density at radius 2 is 2.47 bits per heavy atom. The first-order valence-corrected chi connectivity index (χ1v) is 5.90. The van der Waals surface area contributed by atoms with Gasteiger partial charge in [0.25, 0.3) is 0 Å². The van der Waals surface area contributed by atoms with Crippen LogP contribution in [0.4, 0.5) is 0 Å². The molecule has 0 aliphatic heterocycles. The van der Waals surface area contributed by atoms with Crippen molar-refractivity contribution in [3.05, 3.63) is 22.7 Å². The lowest BCUT2D eigenvalue weighted by molar-refractivity contribution is 0.368. The van der Waals surface area contributed by atoms with Crippen LogP contribution < -0.4 is 5.32 Å². The minimum absolute atomic E-state index is 0.643. The molecule has 0 amide bonds. The molecule has 0 fully saturated rings. The summed E-state index contributed by atoms with van der Waals surface area (Å²) in [6.45, 7) is 3.73. The molecule has 0 unspecified atom stereocenters. The topological polar surface area (TPSA) is 51.0 Å². The summed E-state index contributed by atoms with van der Waals surface area (Å²) in [5, 5.41) is 11.1. The van der Waals surface area contributed by atoms with E-state index in [2.05, 4.69) is 22.4 Å². The monoisotopic (exact) mass is 223 g/mol. The molecule has 0 spiro atoms. The maximum atomic E-state index is 5.12. The van der Waals surface area contributed by atoms with E-state index in [1.807, 2.05) is 16.8 Å². The summed E-state index contributed by atoms with van der Waals surface area (Å²) < 4.78 is 5.12. The maximum absolute atomic E-state index is 5.12. The van der Waals surface area contributed by atoms with Crippen LogP contribution in [0.2, 0.25) is 0 Å². The molecule has 0 saturated heterocycles. The average molecular weight is 223 g/mol. The average Bonchev–Trinajstić information content (AvgIpc) is 2.87. The van der Waals surface area contributed by atoms with E-state index >= 15 is 0 Å². The van der Waals surface area contributed by atoms with Crippen molar-refractivity contribution in [3.63, 3.8) is 0 Å². The van der Waals surface area contributed by atoms with E-state index in [9.17, 15) is 0 Å². The van der Waals surface area contributed by atoms with Gasteiger partial charge < -0.3 is 9.84 Å². The summed E-state index contributed by atoms with van der Waals surface area (Å²) >= 11 is 1.63. The molecule has 2 heterocycles. The van der Waals surface area contributed by atoms with Crippen molar-refractivity contribution < 1.29 is 4.52 Å². The van der Waals surface area contributed by atoms with E-state index in [0.29, 0.717) is 18.3 Å². The van der Waals surface area contributed by atoms with Gasteiger partial charge in [-0.3, -0.25) is 0 Å². The third-order valence-electron chi connectivity index (χ3n) is 1.95. The third-order valence-corrected chi connectivity index (χ3v) is 2.63. The summed E-state index contributed by atoms with van der Waals surface area (Å²) in [6, 6.07) is 1.98. The number of hydrogen-bond acceptors (Lipinski definition) is 5. The molecule has 0 aliphatic rings. The van der Waals surface area contributed by atoms with Crippen LogP contribution in [-0.4, -0.2) is 16.7 Å². The van der Waals surface area contributed by atoms with Crippen molar-refractivity contribution >= 4 is 11.3 Å². The van der Waals surface area contributed by atoms with Crippen LogP contribution >= 0.6 is 11.3 Å². The zero-order valence-corrected chi connectivity index (χ0v) is 9.38. The molecule has 0 aromatic carbocycles. The minimum atomic E-state index is 0.643. The number of nitrogens with one attached hydrogen (secondary N) is 1. The van der Waals surface area contributed by atoms with E-state index in [-0.39, 0.29) is 0 Å². The fourth-order valence-electron chi connectivity index (χ4n) is 1.21. The largest absolute Gasteiger partial charge is 0.338 e. The highest BCUT2D eigenvalue weighted by Gasteiger charge is 2.07.